The van der Waals surface area contributed by atoms with Crippen LogP contribution in [0, 0.1) is 10.1 Å². The van der Waals surface area contributed by atoms with Crippen molar-refractivity contribution in [1.29, 1.82) is 0 Å². The molecule has 0 atom stereocenters. The van der Waals surface area contributed by atoms with E-state index in [4.69, 9.17) is 4.74 Å². The molecule has 0 aromatic heterocycles. The number of imide groups is 1. The number of carbonyl (C=O) groups excluding carboxylic acids is 2. The van der Waals surface area contributed by atoms with E-state index in [2.05, 4.69) is 0 Å². The lowest BCUT2D eigenvalue weighted by molar-refractivity contribution is -0.385. The van der Waals surface area contributed by atoms with Crippen molar-refractivity contribution in [3.05, 3.63) is 74.7 Å². The Bertz CT molecular complexity index is 924. The molecule has 1 aliphatic heterocycles. The maximum absolute atomic E-state index is 12.6. The third-order valence-electron chi connectivity index (χ3n) is 3.88. The summed E-state index contributed by atoms with van der Waals surface area (Å²) in [6.07, 6.45) is 1.63. The van der Waals surface area contributed by atoms with Crippen LogP contribution in [-0.4, -0.2) is 27.6 Å². The summed E-state index contributed by atoms with van der Waals surface area (Å²) in [5, 5.41) is 10.7. The fraction of sp³-hybridized carbons (Fsp3) is 0.158. The second-order valence-corrected chi connectivity index (χ2v) is 6.65. The molecule has 1 heterocycles. The highest BCUT2D eigenvalue weighted by molar-refractivity contribution is 8.18. The molecule has 2 aromatic carbocycles. The standard InChI is InChI=1S/C19H16N2O5S/c1-2-26-15-9-7-13(8-10-15)11-17-18(22)20(19(23)27-17)12-14-5-3-4-6-16(14)21(24)25/h3-11H,2,12H2,1H3/b17-11-. The molecule has 0 saturated carbocycles. The van der Waals surface area contributed by atoms with Crippen LogP contribution >= 0.6 is 11.8 Å². The second-order valence-electron chi connectivity index (χ2n) is 5.66. The molecule has 1 fully saturated rings. The first-order chi connectivity index (χ1) is 13.0. The number of amides is 2. The zero-order valence-electron chi connectivity index (χ0n) is 14.5. The van der Waals surface area contributed by atoms with Crippen molar-refractivity contribution in [2.75, 3.05) is 6.61 Å². The first-order valence-corrected chi connectivity index (χ1v) is 9.01. The number of hydrogen-bond acceptors (Lipinski definition) is 6. The largest absolute Gasteiger partial charge is 0.494 e. The molecule has 3 rings (SSSR count). The van der Waals surface area contributed by atoms with E-state index >= 15 is 0 Å². The lowest BCUT2D eigenvalue weighted by Gasteiger charge is -2.12. The summed E-state index contributed by atoms with van der Waals surface area (Å²) in [5.41, 5.74) is 0.953. The molecule has 8 heteroatoms. The Kier molecular flexibility index (Phi) is 5.56. The minimum atomic E-state index is -0.524. The average Bonchev–Trinajstić information content (AvgIpc) is 2.91. The van der Waals surface area contributed by atoms with Crippen molar-refractivity contribution in [3.8, 4) is 5.75 Å². The first kappa shape index (κ1) is 18.7. The highest BCUT2D eigenvalue weighted by Gasteiger charge is 2.36. The predicted molar refractivity (Wildman–Crippen MR) is 102 cm³/mol. The smallest absolute Gasteiger partial charge is 0.293 e. The fourth-order valence-electron chi connectivity index (χ4n) is 2.61. The van der Waals surface area contributed by atoms with Gasteiger partial charge in [0.05, 0.1) is 23.0 Å². The molecule has 7 nitrogen and oxygen atoms in total. The molecule has 1 saturated heterocycles. The summed E-state index contributed by atoms with van der Waals surface area (Å²) in [7, 11) is 0. The average molecular weight is 384 g/mol. The van der Waals surface area contributed by atoms with Crippen LogP contribution in [0.3, 0.4) is 0 Å². The molecule has 1 aliphatic rings. The number of rotatable bonds is 6. The molecular weight excluding hydrogens is 368 g/mol. The molecular formula is C19H16N2O5S. The van der Waals surface area contributed by atoms with Crippen molar-refractivity contribution in [2.24, 2.45) is 0 Å². The van der Waals surface area contributed by atoms with Crippen LogP contribution in [0.25, 0.3) is 6.08 Å². The molecule has 0 bridgehead atoms. The number of nitro groups is 1. The third kappa shape index (κ3) is 4.17. The lowest BCUT2D eigenvalue weighted by Crippen LogP contribution is -2.27. The van der Waals surface area contributed by atoms with Gasteiger partial charge < -0.3 is 4.74 Å². The van der Waals surface area contributed by atoms with Gasteiger partial charge in [-0.1, -0.05) is 30.3 Å². The van der Waals surface area contributed by atoms with Gasteiger partial charge in [0.15, 0.2) is 0 Å². The van der Waals surface area contributed by atoms with Crippen LogP contribution in [0.5, 0.6) is 5.75 Å². The van der Waals surface area contributed by atoms with Crippen molar-refractivity contribution in [3.63, 3.8) is 0 Å². The Morgan fingerprint density at radius 1 is 1.15 bits per heavy atom. The van der Waals surface area contributed by atoms with Gasteiger partial charge in [-0.05, 0) is 42.5 Å². The zero-order chi connectivity index (χ0) is 19.4. The van der Waals surface area contributed by atoms with E-state index in [1.807, 2.05) is 6.92 Å². The summed E-state index contributed by atoms with van der Waals surface area (Å²) in [6, 6.07) is 13.2. The van der Waals surface area contributed by atoms with Crippen LogP contribution < -0.4 is 4.74 Å². The van der Waals surface area contributed by atoms with E-state index in [1.54, 1.807) is 42.5 Å². The fourth-order valence-corrected chi connectivity index (χ4v) is 3.45. The van der Waals surface area contributed by atoms with E-state index in [-0.39, 0.29) is 17.1 Å². The minimum absolute atomic E-state index is 0.118. The summed E-state index contributed by atoms with van der Waals surface area (Å²) >= 11 is 0.822. The van der Waals surface area contributed by atoms with Crippen molar-refractivity contribution in [2.45, 2.75) is 13.5 Å². The molecule has 0 spiro atoms. The topological polar surface area (TPSA) is 89.8 Å². The number of nitrogens with zero attached hydrogens (tertiary/aromatic N) is 2. The molecule has 2 aromatic rings. The van der Waals surface area contributed by atoms with E-state index in [9.17, 15) is 19.7 Å². The Balaban J connectivity index is 1.80. The van der Waals surface area contributed by atoms with Gasteiger partial charge in [0.1, 0.15) is 5.75 Å². The highest BCUT2D eigenvalue weighted by atomic mass is 32.2. The van der Waals surface area contributed by atoms with E-state index < -0.39 is 16.1 Å². The normalized spacial score (nSPS) is 15.4. The van der Waals surface area contributed by atoms with Crippen LogP contribution in [0.4, 0.5) is 10.5 Å². The molecule has 0 radical (unpaired) electrons. The monoisotopic (exact) mass is 384 g/mol. The molecule has 0 N–H and O–H groups in total. The predicted octanol–water partition coefficient (Wildman–Crippen LogP) is 4.23. The maximum atomic E-state index is 12.6. The SMILES string of the molecule is CCOc1ccc(/C=C2\SC(=O)N(Cc3ccccc3[N+](=O)[O-])C2=O)cc1. The van der Waals surface area contributed by atoms with Gasteiger partial charge in [-0.15, -0.1) is 0 Å². The zero-order valence-corrected chi connectivity index (χ0v) is 15.3. The summed E-state index contributed by atoms with van der Waals surface area (Å²) in [6.45, 7) is 2.31. The van der Waals surface area contributed by atoms with Gasteiger partial charge in [-0.3, -0.25) is 24.6 Å². The van der Waals surface area contributed by atoms with Gasteiger partial charge >= 0.3 is 0 Å². The number of carbonyl (C=O) groups is 2. The van der Waals surface area contributed by atoms with Crippen molar-refractivity contribution < 1.29 is 19.2 Å². The van der Waals surface area contributed by atoms with Gasteiger partial charge in [0.2, 0.25) is 0 Å². The number of ether oxygens (including phenoxy) is 1. The Hall–Kier alpha value is -3.13. The summed E-state index contributed by atoms with van der Waals surface area (Å²) in [5.74, 6) is 0.260. The molecule has 0 unspecified atom stereocenters. The van der Waals surface area contributed by atoms with Crippen LogP contribution in [-0.2, 0) is 11.3 Å². The van der Waals surface area contributed by atoms with Crippen LogP contribution in [0.1, 0.15) is 18.1 Å². The number of thioether (sulfide) groups is 1. The van der Waals surface area contributed by atoms with Crippen LogP contribution in [0.15, 0.2) is 53.4 Å². The minimum Gasteiger partial charge on any atom is -0.494 e. The lowest BCUT2D eigenvalue weighted by atomic mass is 10.1. The van der Waals surface area contributed by atoms with Crippen LogP contribution in [0.2, 0.25) is 0 Å². The Labute approximate surface area is 159 Å². The Morgan fingerprint density at radius 3 is 2.52 bits per heavy atom. The molecule has 138 valence electrons. The van der Waals surface area contributed by atoms with E-state index in [0.29, 0.717) is 12.2 Å². The van der Waals surface area contributed by atoms with Gasteiger partial charge in [0.25, 0.3) is 16.8 Å². The van der Waals surface area contributed by atoms with E-state index in [1.165, 1.54) is 12.1 Å². The number of para-hydroxylation sites is 1. The second kappa shape index (κ2) is 8.05. The molecule has 27 heavy (non-hydrogen) atoms. The highest BCUT2D eigenvalue weighted by Crippen LogP contribution is 2.34. The summed E-state index contributed by atoms with van der Waals surface area (Å²) in [4.78, 5) is 36.8. The number of benzene rings is 2. The maximum Gasteiger partial charge on any atom is 0.293 e. The first-order valence-electron chi connectivity index (χ1n) is 8.20. The molecule has 0 aliphatic carbocycles. The van der Waals surface area contributed by atoms with E-state index in [0.717, 1.165) is 28.0 Å². The summed E-state index contributed by atoms with van der Waals surface area (Å²) < 4.78 is 5.37. The van der Waals surface area contributed by atoms with Gasteiger partial charge in [-0.25, -0.2) is 0 Å². The quantitative estimate of drug-likeness (QED) is 0.421. The Morgan fingerprint density at radius 2 is 1.85 bits per heavy atom. The van der Waals surface area contributed by atoms with Crippen molar-refractivity contribution >= 4 is 34.7 Å². The third-order valence-corrected chi connectivity index (χ3v) is 4.79. The number of nitro benzene ring substituents is 1. The van der Waals surface area contributed by atoms with Gasteiger partial charge in [-0.2, -0.15) is 0 Å². The van der Waals surface area contributed by atoms with Crippen molar-refractivity contribution in [1.82, 2.24) is 4.90 Å². The molecule has 2 amide bonds. The van der Waals surface area contributed by atoms with Gasteiger partial charge in [0, 0.05) is 11.6 Å². The number of hydrogen-bond donors (Lipinski definition) is 0.